The quantitative estimate of drug-likeness (QED) is 0.584. The van der Waals surface area contributed by atoms with Gasteiger partial charge >= 0.3 is 39.8 Å². The molecule has 1 saturated heterocycles. The monoisotopic (exact) mass is 306 g/mol. The average Bonchev–Trinajstić information content (AvgIpc) is 2.37. The summed E-state index contributed by atoms with van der Waals surface area (Å²) in [6.07, 6.45) is 0. The van der Waals surface area contributed by atoms with Crippen LogP contribution < -0.4 is 5.46 Å². The van der Waals surface area contributed by atoms with Gasteiger partial charge in [-0.15, -0.1) is 5.46 Å². The van der Waals surface area contributed by atoms with Crippen molar-refractivity contribution in [2.45, 2.75) is 45.8 Å². The summed E-state index contributed by atoms with van der Waals surface area (Å²) in [4.78, 5) is 0. The van der Waals surface area contributed by atoms with Crippen molar-refractivity contribution in [1.82, 2.24) is 0 Å². The summed E-state index contributed by atoms with van der Waals surface area (Å²) in [6.45, 7) is 10.3. The van der Waals surface area contributed by atoms with Crippen LogP contribution in [-0.2, 0) is 42.0 Å². The Bertz CT molecular complexity index is 371. The second kappa shape index (κ2) is 5.13. The molecule has 0 unspecified atom stereocenters. The van der Waals surface area contributed by atoms with Crippen LogP contribution in [0.5, 0.6) is 0 Å². The standard InChI is InChI=1S/C13H18BO2.Y/c1-10-6-8-11(9-7-10)14-15-12(2,3)13(4,5)16-14;/h6,8-9H,1-5H3;/q-1;+3. The van der Waals surface area contributed by atoms with Crippen molar-refractivity contribution >= 4 is 12.6 Å². The first-order chi connectivity index (χ1) is 7.32. The van der Waals surface area contributed by atoms with Gasteiger partial charge < -0.3 is 9.31 Å². The second-order valence-corrected chi connectivity index (χ2v) is 5.39. The Balaban J connectivity index is 0.00000144. The summed E-state index contributed by atoms with van der Waals surface area (Å²) in [7, 11) is -0.276. The summed E-state index contributed by atoms with van der Waals surface area (Å²) >= 11 is 0. The van der Waals surface area contributed by atoms with Crippen molar-refractivity contribution < 1.29 is 42.0 Å². The molecule has 86 valence electrons. The fourth-order valence-corrected chi connectivity index (χ4v) is 1.64. The first kappa shape index (κ1) is 15.4. The number of hydrogen-bond donors (Lipinski definition) is 0. The predicted octanol–water partition coefficient (Wildman–Crippen LogP) is 2.09. The van der Waals surface area contributed by atoms with E-state index in [0.29, 0.717) is 0 Å². The molecule has 0 amide bonds. The van der Waals surface area contributed by atoms with E-state index >= 15 is 0 Å². The molecule has 0 N–H and O–H groups in total. The molecule has 1 aromatic carbocycles. The summed E-state index contributed by atoms with van der Waals surface area (Å²) in [6, 6.07) is 9.18. The van der Waals surface area contributed by atoms with E-state index in [1.54, 1.807) is 0 Å². The normalized spacial score (nSPS) is 21.1. The summed E-state index contributed by atoms with van der Waals surface area (Å²) < 4.78 is 11.9. The molecule has 1 heterocycles. The van der Waals surface area contributed by atoms with Gasteiger partial charge in [-0.05, 0) is 27.7 Å². The molecule has 2 nitrogen and oxygen atoms in total. The van der Waals surface area contributed by atoms with Crippen LogP contribution in [0.1, 0.15) is 33.3 Å². The zero-order chi connectivity index (χ0) is 12.0. The number of hydrogen-bond acceptors (Lipinski definition) is 2. The Morgan fingerprint density at radius 3 is 2.00 bits per heavy atom. The van der Waals surface area contributed by atoms with Gasteiger partial charge in [0.05, 0.1) is 11.2 Å². The molecule has 0 saturated carbocycles. The maximum atomic E-state index is 5.95. The molecule has 0 aromatic heterocycles. The Labute approximate surface area is 129 Å². The third-order valence-corrected chi connectivity index (χ3v) is 3.52. The molecule has 1 fully saturated rings. The number of aryl methyl sites for hydroxylation is 1. The van der Waals surface area contributed by atoms with Crippen molar-refractivity contribution in [3.63, 3.8) is 0 Å². The first-order valence-corrected chi connectivity index (χ1v) is 5.66. The molecule has 17 heavy (non-hydrogen) atoms. The van der Waals surface area contributed by atoms with E-state index in [1.165, 1.54) is 0 Å². The molecular formula is C13H18BO2Y+2. The van der Waals surface area contributed by atoms with Gasteiger partial charge in [0, 0.05) is 0 Å². The fraction of sp³-hybridized carbons (Fsp3) is 0.538. The van der Waals surface area contributed by atoms with Crippen LogP contribution >= 0.6 is 0 Å². The molecule has 4 heteroatoms. The van der Waals surface area contributed by atoms with E-state index in [9.17, 15) is 0 Å². The topological polar surface area (TPSA) is 18.5 Å². The molecule has 1 aliphatic rings. The molecule has 0 atom stereocenters. The van der Waals surface area contributed by atoms with E-state index in [1.807, 2.05) is 25.1 Å². The molecule has 2 rings (SSSR count). The summed E-state index contributed by atoms with van der Waals surface area (Å²) in [5.41, 5.74) is 1.61. The van der Waals surface area contributed by atoms with Gasteiger partial charge in [0.2, 0.25) is 0 Å². The minimum atomic E-state index is -0.276. The molecular weight excluding hydrogens is 288 g/mol. The smallest absolute Gasteiger partial charge is 0.410 e. The van der Waals surface area contributed by atoms with Crippen LogP contribution in [0.25, 0.3) is 0 Å². The van der Waals surface area contributed by atoms with E-state index in [-0.39, 0.29) is 51.0 Å². The Morgan fingerprint density at radius 1 is 1.06 bits per heavy atom. The van der Waals surface area contributed by atoms with Gasteiger partial charge in [-0.1, -0.05) is 6.92 Å². The zero-order valence-corrected chi connectivity index (χ0v) is 14.0. The van der Waals surface area contributed by atoms with Crippen LogP contribution in [0.2, 0.25) is 0 Å². The SMILES string of the molecule is Cc1[c-]cc(B2OC(C)(C)C(C)(C)O2)cc1.[Y+3]. The minimum Gasteiger partial charge on any atom is -0.410 e. The molecule has 1 aromatic rings. The number of benzene rings is 1. The Hall–Kier alpha value is 0.309. The van der Waals surface area contributed by atoms with Crippen LogP contribution in [0.3, 0.4) is 0 Å². The van der Waals surface area contributed by atoms with Crippen molar-refractivity contribution in [2.24, 2.45) is 0 Å². The second-order valence-electron chi connectivity index (χ2n) is 5.39. The van der Waals surface area contributed by atoms with Crippen LogP contribution in [0.4, 0.5) is 0 Å². The van der Waals surface area contributed by atoms with Crippen molar-refractivity contribution in [1.29, 1.82) is 0 Å². The number of rotatable bonds is 1. The van der Waals surface area contributed by atoms with Crippen LogP contribution in [0, 0.1) is 13.0 Å². The molecule has 0 aliphatic carbocycles. The van der Waals surface area contributed by atoms with E-state index in [4.69, 9.17) is 9.31 Å². The Kier molecular flexibility index (Phi) is 4.63. The zero-order valence-electron chi connectivity index (χ0n) is 11.2. The average molecular weight is 306 g/mol. The van der Waals surface area contributed by atoms with Crippen molar-refractivity contribution in [2.75, 3.05) is 0 Å². The van der Waals surface area contributed by atoms with Crippen molar-refractivity contribution in [3.05, 3.63) is 29.8 Å². The van der Waals surface area contributed by atoms with Crippen LogP contribution in [-0.4, -0.2) is 18.3 Å². The third-order valence-electron chi connectivity index (χ3n) is 3.52. The molecule has 0 radical (unpaired) electrons. The first-order valence-electron chi connectivity index (χ1n) is 5.66. The maximum absolute atomic E-state index is 5.95. The van der Waals surface area contributed by atoms with Gasteiger partial charge in [-0.25, -0.2) is 0 Å². The Morgan fingerprint density at radius 2 is 1.59 bits per heavy atom. The third kappa shape index (κ3) is 3.01. The fourth-order valence-electron chi connectivity index (χ4n) is 1.64. The summed E-state index contributed by atoms with van der Waals surface area (Å²) in [5, 5.41) is 0. The molecule has 1 aliphatic heterocycles. The largest absolute Gasteiger partial charge is 3.00 e. The van der Waals surface area contributed by atoms with Gasteiger partial charge in [0.25, 0.3) is 0 Å². The van der Waals surface area contributed by atoms with Gasteiger partial charge in [0.1, 0.15) is 0 Å². The van der Waals surface area contributed by atoms with E-state index in [2.05, 4.69) is 33.8 Å². The molecule has 0 bridgehead atoms. The van der Waals surface area contributed by atoms with Gasteiger partial charge in [-0.2, -0.15) is 29.8 Å². The van der Waals surface area contributed by atoms with E-state index in [0.717, 1.165) is 11.0 Å². The predicted molar refractivity (Wildman–Crippen MR) is 65.7 cm³/mol. The van der Waals surface area contributed by atoms with Crippen molar-refractivity contribution in [3.8, 4) is 0 Å². The maximum Gasteiger partial charge on any atom is 3.00 e. The summed E-state index contributed by atoms with van der Waals surface area (Å²) in [5.74, 6) is 0. The van der Waals surface area contributed by atoms with Crippen LogP contribution in [0.15, 0.2) is 18.2 Å². The van der Waals surface area contributed by atoms with Gasteiger partial charge in [-0.3, -0.25) is 0 Å². The van der Waals surface area contributed by atoms with Gasteiger partial charge in [0.15, 0.2) is 0 Å². The van der Waals surface area contributed by atoms with E-state index < -0.39 is 0 Å². The minimum absolute atomic E-state index is 0. The molecule has 0 spiro atoms.